The molecule has 2 aromatic carbocycles. The lowest BCUT2D eigenvalue weighted by atomic mass is 9.97. The van der Waals surface area contributed by atoms with Crippen molar-refractivity contribution in [3.8, 4) is 11.5 Å². The fourth-order valence-electron chi connectivity index (χ4n) is 3.77. The molecule has 0 radical (unpaired) electrons. The van der Waals surface area contributed by atoms with Gasteiger partial charge in [0.1, 0.15) is 24.5 Å². The summed E-state index contributed by atoms with van der Waals surface area (Å²) in [5.74, 6) is 0.847. The number of aromatic nitrogens is 1. The van der Waals surface area contributed by atoms with Gasteiger partial charge in [0.15, 0.2) is 16.6 Å². The summed E-state index contributed by atoms with van der Waals surface area (Å²) < 4.78 is 25.9. The number of ether oxygens (including phenoxy) is 2. The Morgan fingerprint density at radius 3 is 2.93 bits per heavy atom. The Kier molecular flexibility index (Phi) is 4.71. The van der Waals surface area contributed by atoms with E-state index in [1.165, 1.54) is 17.4 Å². The maximum atomic E-state index is 14.0. The standard InChI is InChI=1S/C21H20FN3O3S/c22-15-4-1-5-18-19(15)24-21(29-18)25-8-2-3-13(12-25)20(26)23-14-6-7-16-17(11-14)28-10-9-27-16/h1,4-7,11,13H,2-3,8-10,12H2,(H,23,26). The second kappa shape index (κ2) is 7.51. The number of nitrogens with zero attached hydrogens (tertiary/aromatic N) is 2. The van der Waals surface area contributed by atoms with E-state index >= 15 is 0 Å². The summed E-state index contributed by atoms with van der Waals surface area (Å²) in [5, 5.41) is 3.76. The van der Waals surface area contributed by atoms with Gasteiger partial charge < -0.3 is 19.7 Å². The molecular formula is C21H20FN3O3S. The van der Waals surface area contributed by atoms with E-state index in [2.05, 4.69) is 15.2 Å². The van der Waals surface area contributed by atoms with Gasteiger partial charge in [0, 0.05) is 24.8 Å². The molecule has 0 aliphatic carbocycles. The number of anilines is 2. The molecule has 6 nitrogen and oxygen atoms in total. The van der Waals surface area contributed by atoms with Gasteiger partial charge in [0.05, 0.1) is 10.6 Å². The lowest BCUT2D eigenvalue weighted by molar-refractivity contribution is -0.120. The van der Waals surface area contributed by atoms with Crippen LogP contribution in [0.15, 0.2) is 36.4 Å². The van der Waals surface area contributed by atoms with Crippen LogP contribution in [0.1, 0.15) is 12.8 Å². The molecule has 29 heavy (non-hydrogen) atoms. The van der Waals surface area contributed by atoms with Crippen LogP contribution >= 0.6 is 11.3 Å². The summed E-state index contributed by atoms with van der Waals surface area (Å²) in [4.78, 5) is 19.4. The number of rotatable bonds is 3. The summed E-state index contributed by atoms with van der Waals surface area (Å²) in [6.45, 7) is 2.42. The first-order valence-corrected chi connectivity index (χ1v) is 10.5. The number of hydrogen-bond acceptors (Lipinski definition) is 6. The number of halogens is 1. The monoisotopic (exact) mass is 413 g/mol. The summed E-state index contributed by atoms with van der Waals surface area (Å²) in [7, 11) is 0. The molecule has 1 aromatic heterocycles. The van der Waals surface area contributed by atoms with Crippen LogP contribution in [0.25, 0.3) is 10.2 Å². The number of amides is 1. The van der Waals surface area contributed by atoms with Gasteiger partial charge in [-0.05, 0) is 37.1 Å². The van der Waals surface area contributed by atoms with E-state index in [-0.39, 0.29) is 17.6 Å². The number of hydrogen-bond donors (Lipinski definition) is 1. The van der Waals surface area contributed by atoms with Crippen LogP contribution in [0.3, 0.4) is 0 Å². The quantitative estimate of drug-likeness (QED) is 0.702. The third-order valence-corrected chi connectivity index (χ3v) is 6.31. The van der Waals surface area contributed by atoms with Crippen molar-refractivity contribution in [1.29, 1.82) is 0 Å². The lowest BCUT2D eigenvalue weighted by Crippen LogP contribution is -2.40. The van der Waals surface area contributed by atoms with Crippen molar-refractivity contribution in [2.45, 2.75) is 12.8 Å². The SMILES string of the molecule is O=C(Nc1ccc2c(c1)OCCO2)C1CCCN(c2nc3c(F)cccc3s2)C1. The van der Waals surface area contributed by atoms with Gasteiger partial charge in [0.25, 0.3) is 0 Å². The molecular weight excluding hydrogens is 393 g/mol. The first-order chi connectivity index (χ1) is 14.2. The second-order valence-corrected chi connectivity index (χ2v) is 8.22. The van der Waals surface area contributed by atoms with Crippen LogP contribution in [-0.2, 0) is 4.79 Å². The molecule has 1 amide bonds. The fraction of sp³-hybridized carbons (Fsp3) is 0.333. The average molecular weight is 413 g/mol. The number of nitrogens with one attached hydrogen (secondary N) is 1. The lowest BCUT2D eigenvalue weighted by Gasteiger charge is -2.31. The number of piperidine rings is 1. The minimum Gasteiger partial charge on any atom is -0.486 e. The van der Waals surface area contributed by atoms with E-state index in [9.17, 15) is 9.18 Å². The summed E-state index contributed by atoms with van der Waals surface area (Å²) in [5.41, 5.74) is 1.09. The summed E-state index contributed by atoms with van der Waals surface area (Å²) >= 11 is 1.46. The van der Waals surface area contributed by atoms with Gasteiger partial charge in [-0.1, -0.05) is 17.4 Å². The Morgan fingerprint density at radius 1 is 1.21 bits per heavy atom. The molecule has 2 aliphatic heterocycles. The molecule has 1 atom stereocenters. The zero-order chi connectivity index (χ0) is 19.8. The first-order valence-electron chi connectivity index (χ1n) is 9.68. The zero-order valence-electron chi connectivity index (χ0n) is 15.7. The minimum atomic E-state index is -0.310. The Balaban J connectivity index is 1.29. The highest BCUT2D eigenvalue weighted by molar-refractivity contribution is 7.22. The van der Waals surface area contributed by atoms with Crippen LogP contribution < -0.4 is 19.7 Å². The van der Waals surface area contributed by atoms with Crippen molar-refractivity contribution >= 4 is 38.3 Å². The Bertz CT molecular complexity index is 1070. The largest absolute Gasteiger partial charge is 0.486 e. The predicted molar refractivity (Wildman–Crippen MR) is 111 cm³/mol. The van der Waals surface area contributed by atoms with E-state index in [0.717, 1.165) is 29.2 Å². The topological polar surface area (TPSA) is 63.7 Å². The van der Waals surface area contributed by atoms with E-state index in [1.54, 1.807) is 12.1 Å². The molecule has 2 aliphatic rings. The third-order valence-electron chi connectivity index (χ3n) is 5.23. The van der Waals surface area contributed by atoms with Crippen LogP contribution in [-0.4, -0.2) is 37.2 Å². The third kappa shape index (κ3) is 3.60. The van der Waals surface area contributed by atoms with Gasteiger partial charge in [-0.15, -0.1) is 0 Å². The van der Waals surface area contributed by atoms with Gasteiger partial charge in [-0.2, -0.15) is 0 Å². The molecule has 150 valence electrons. The normalized spacial score (nSPS) is 18.7. The number of benzene rings is 2. The Hall–Kier alpha value is -2.87. The van der Waals surface area contributed by atoms with Crippen molar-refractivity contribution in [1.82, 2.24) is 4.98 Å². The molecule has 0 bridgehead atoms. The van der Waals surface area contributed by atoms with Crippen LogP contribution in [0.2, 0.25) is 0 Å². The molecule has 8 heteroatoms. The van der Waals surface area contributed by atoms with Gasteiger partial charge >= 0.3 is 0 Å². The van der Waals surface area contributed by atoms with Crippen LogP contribution in [0.5, 0.6) is 11.5 Å². The maximum absolute atomic E-state index is 14.0. The first kappa shape index (κ1) is 18.2. The second-order valence-electron chi connectivity index (χ2n) is 7.22. The molecule has 1 saturated heterocycles. The van der Waals surface area contributed by atoms with Crippen molar-refractivity contribution < 1.29 is 18.7 Å². The minimum absolute atomic E-state index is 0.0290. The zero-order valence-corrected chi connectivity index (χ0v) is 16.5. The van der Waals surface area contributed by atoms with Crippen molar-refractivity contribution in [2.24, 2.45) is 5.92 Å². The van der Waals surface area contributed by atoms with E-state index in [1.807, 2.05) is 18.2 Å². The van der Waals surface area contributed by atoms with E-state index in [4.69, 9.17) is 9.47 Å². The van der Waals surface area contributed by atoms with Crippen LogP contribution in [0, 0.1) is 11.7 Å². The smallest absolute Gasteiger partial charge is 0.229 e. The van der Waals surface area contributed by atoms with E-state index in [0.29, 0.717) is 42.5 Å². The highest BCUT2D eigenvalue weighted by Crippen LogP contribution is 2.34. The predicted octanol–water partition coefficient (Wildman–Crippen LogP) is 4.06. The average Bonchev–Trinajstić information content (AvgIpc) is 3.20. The van der Waals surface area contributed by atoms with Gasteiger partial charge in [0.2, 0.25) is 5.91 Å². The highest BCUT2D eigenvalue weighted by Gasteiger charge is 2.28. The summed E-state index contributed by atoms with van der Waals surface area (Å²) in [6, 6.07) is 10.4. The number of carbonyl (C=O) groups is 1. The van der Waals surface area contributed by atoms with Crippen LogP contribution in [0.4, 0.5) is 15.2 Å². The molecule has 5 rings (SSSR count). The number of para-hydroxylation sites is 1. The molecule has 0 saturated carbocycles. The molecule has 0 spiro atoms. The van der Waals surface area contributed by atoms with Crippen molar-refractivity contribution in [3.05, 3.63) is 42.2 Å². The van der Waals surface area contributed by atoms with Crippen molar-refractivity contribution in [2.75, 3.05) is 36.5 Å². The Morgan fingerprint density at radius 2 is 2.07 bits per heavy atom. The number of fused-ring (bicyclic) bond motifs is 2. The number of carbonyl (C=O) groups excluding carboxylic acids is 1. The molecule has 3 heterocycles. The molecule has 1 fully saturated rings. The number of thiazole rings is 1. The van der Waals surface area contributed by atoms with Crippen molar-refractivity contribution in [3.63, 3.8) is 0 Å². The van der Waals surface area contributed by atoms with E-state index < -0.39 is 0 Å². The summed E-state index contributed by atoms with van der Waals surface area (Å²) in [6.07, 6.45) is 1.70. The molecule has 1 N–H and O–H groups in total. The van der Waals surface area contributed by atoms with Gasteiger partial charge in [-0.25, -0.2) is 9.37 Å². The molecule has 3 aromatic rings. The highest BCUT2D eigenvalue weighted by atomic mass is 32.1. The fourth-order valence-corrected chi connectivity index (χ4v) is 4.78. The molecule has 1 unspecified atom stereocenters. The maximum Gasteiger partial charge on any atom is 0.229 e. The van der Waals surface area contributed by atoms with Gasteiger partial charge in [-0.3, -0.25) is 4.79 Å². The Labute approximate surface area is 171 Å².